The minimum atomic E-state index is -4.19. The highest BCUT2D eigenvalue weighted by Crippen LogP contribution is 2.14. The van der Waals surface area contributed by atoms with Gasteiger partial charge in [-0.05, 0) is 25.7 Å². The van der Waals surface area contributed by atoms with Crippen molar-refractivity contribution < 1.29 is 16.8 Å². The summed E-state index contributed by atoms with van der Waals surface area (Å²) in [5.41, 5.74) is 0. The van der Waals surface area contributed by atoms with E-state index in [1.54, 1.807) is 0 Å². The first kappa shape index (κ1) is 26.8. The Hall–Kier alpha value is -2.22. The minimum absolute atomic E-state index is 0.000291. The van der Waals surface area contributed by atoms with Gasteiger partial charge in [0.2, 0.25) is 20.0 Å². The summed E-state index contributed by atoms with van der Waals surface area (Å²) in [7, 11) is -8.38. The van der Waals surface area contributed by atoms with Gasteiger partial charge in [-0.25, -0.2) is 25.4 Å². The average molecular weight is 443 g/mol. The molecule has 0 aromatic carbocycles. The second-order valence-electron chi connectivity index (χ2n) is 6.19. The molecule has 0 rings (SSSR count). The van der Waals surface area contributed by atoms with Gasteiger partial charge in [0.1, 0.15) is 0 Å². The van der Waals surface area contributed by atoms with E-state index in [9.17, 15) is 16.8 Å². The lowest BCUT2D eigenvalue weighted by atomic mass is 10.3. The quantitative estimate of drug-likeness (QED) is 0.323. The third-order valence-electron chi connectivity index (χ3n) is 3.87. The summed E-state index contributed by atoms with van der Waals surface area (Å²) < 4.78 is 53.0. The predicted molar refractivity (Wildman–Crippen MR) is 105 cm³/mol. The fraction of sp³-hybridized carbons (Fsp3) is 0.765. The Morgan fingerprint density at radius 2 is 0.759 bits per heavy atom. The summed E-state index contributed by atoms with van der Waals surface area (Å²) in [5.74, 6) is 0. The molecule has 0 aliphatic carbocycles. The maximum absolute atomic E-state index is 12.7. The lowest BCUT2D eigenvalue weighted by Crippen LogP contribution is -2.42. The van der Waals surface area contributed by atoms with Gasteiger partial charge in [-0.3, -0.25) is 0 Å². The first-order chi connectivity index (χ1) is 13.7. The van der Waals surface area contributed by atoms with Gasteiger partial charge in [0.05, 0.1) is 24.3 Å². The number of nitrogens with zero attached hydrogens (tertiary/aromatic N) is 6. The number of rotatable bonds is 16. The molecule has 0 aromatic rings. The van der Waals surface area contributed by atoms with Crippen LogP contribution in [0.2, 0.25) is 0 Å². The summed E-state index contributed by atoms with van der Waals surface area (Å²) >= 11 is 0. The third-order valence-corrected chi connectivity index (χ3v) is 8.56. The van der Waals surface area contributed by atoms with Crippen molar-refractivity contribution in [2.24, 2.45) is 0 Å². The van der Waals surface area contributed by atoms with Gasteiger partial charge in [-0.1, -0.05) is 0 Å². The molecule has 10 nitrogen and oxygen atoms in total. The van der Waals surface area contributed by atoms with Gasteiger partial charge in [0.15, 0.2) is 5.08 Å². The van der Waals surface area contributed by atoms with E-state index in [1.807, 2.05) is 24.3 Å². The highest BCUT2D eigenvalue weighted by molar-refractivity contribution is 8.05. The van der Waals surface area contributed by atoms with E-state index in [4.69, 9.17) is 21.0 Å². The summed E-state index contributed by atoms with van der Waals surface area (Å²) in [5, 5.41) is 33.5. The Bertz CT molecular complexity index is 748. The largest absolute Gasteiger partial charge is 0.229 e. The minimum Gasteiger partial charge on any atom is -0.211 e. The zero-order valence-electron chi connectivity index (χ0n) is 16.3. The van der Waals surface area contributed by atoms with Crippen molar-refractivity contribution in [3.05, 3.63) is 0 Å². The molecule has 12 heteroatoms. The molecule has 0 spiro atoms. The smallest absolute Gasteiger partial charge is 0.211 e. The van der Waals surface area contributed by atoms with Gasteiger partial charge in [-0.15, -0.1) is 0 Å². The topological polar surface area (TPSA) is 170 Å². The van der Waals surface area contributed by atoms with Crippen LogP contribution in [0.3, 0.4) is 0 Å². The summed E-state index contributed by atoms with van der Waals surface area (Å²) in [4.78, 5) is 0. The molecule has 0 fully saturated rings. The zero-order chi connectivity index (χ0) is 22.2. The molecule has 29 heavy (non-hydrogen) atoms. The Morgan fingerprint density at radius 1 is 0.517 bits per heavy atom. The Morgan fingerprint density at radius 3 is 0.966 bits per heavy atom. The predicted octanol–water partition coefficient (Wildman–Crippen LogP) is 1.42. The van der Waals surface area contributed by atoms with Crippen LogP contribution < -0.4 is 0 Å². The Labute approximate surface area is 173 Å². The van der Waals surface area contributed by atoms with Crippen molar-refractivity contribution in [3.8, 4) is 24.3 Å². The van der Waals surface area contributed by atoms with Crippen LogP contribution in [0.5, 0.6) is 0 Å². The van der Waals surface area contributed by atoms with Crippen molar-refractivity contribution in [1.29, 1.82) is 21.0 Å². The molecule has 0 bridgehead atoms. The molecule has 0 aliphatic heterocycles. The van der Waals surface area contributed by atoms with E-state index in [1.165, 1.54) is 0 Å². The average Bonchev–Trinajstić information content (AvgIpc) is 2.65. The fourth-order valence-electron chi connectivity index (χ4n) is 2.46. The van der Waals surface area contributed by atoms with E-state index >= 15 is 0 Å². The lowest BCUT2D eigenvalue weighted by molar-refractivity contribution is 0.394. The van der Waals surface area contributed by atoms with Crippen molar-refractivity contribution in [1.82, 2.24) is 8.61 Å². The van der Waals surface area contributed by atoms with E-state index < -0.39 is 25.1 Å². The normalized spacial score (nSPS) is 11.5. The molecular weight excluding hydrogens is 416 g/mol. The van der Waals surface area contributed by atoms with Crippen LogP contribution in [0, 0.1) is 45.3 Å². The molecule has 160 valence electrons. The monoisotopic (exact) mass is 442 g/mol. The number of hydrogen-bond donors (Lipinski definition) is 0. The van der Waals surface area contributed by atoms with Gasteiger partial charge in [-0.2, -0.15) is 21.0 Å². The molecule has 0 atom stereocenters. The van der Waals surface area contributed by atoms with Crippen LogP contribution in [-0.4, -0.2) is 56.7 Å². The standard InChI is InChI=1S/C17H26N6O4S2/c18-9-1-5-13-22(14-6-2-10-19)28(24,25)17-29(26,27)23(15-7-3-11-20)16-8-4-12-21/h1-8,13-17H2. The van der Waals surface area contributed by atoms with Gasteiger partial charge in [0, 0.05) is 51.9 Å². The first-order valence-electron chi connectivity index (χ1n) is 9.18. The van der Waals surface area contributed by atoms with Gasteiger partial charge >= 0.3 is 0 Å². The van der Waals surface area contributed by atoms with Gasteiger partial charge in [0.25, 0.3) is 0 Å². The molecule has 0 N–H and O–H groups in total. The zero-order valence-corrected chi connectivity index (χ0v) is 18.0. The van der Waals surface area contributed by atoms with Crippen molar-refractivity contribution >= 4 is 20.0 Å². The lowest BCUT2D eigenvalue weighted by Gasteiger charge is -2.25. The summed E-state index contributed by atoms with van der Waals surface area (Å²) in [6, 6.07) is 7.65. The molecule has 0 saturated heterocycles. The first-order valence-corrected chi connectivity index (χ1v) is 12.4. The highest BCUT2D eigenvalue weighted by Gasteiger charge is 2.32. The molecule has 0 aromatic heterocycles. The second kappa shape index (κ2) is 14.7. The van der Waals surface area contributed by atoms with Crippen LogP contribution in [0.4, 0.5) is 0 Å². The number of unbranched alkanes of at least 4 members (excludes halogenated alkanes) is 4. The maximum atomic E-state index is 12.7. The van der Waals surface area contributed by atoms with Gasteiger partial charge < -0.3 is 0 Å². The molecule has 0 radical (unpaired) electrons. The molecule has 0 heterocycles. The van der Waals surface area contributed by atoms with Crippen LogP contribution in [0.1, 0.15) is 51.4 Å². The van der Waals surface area contributed by atoms with Crippen LogP contribution in [0.15, 0.2) is 0 Å². The summed E-state index contributed by atoms with van der Waals surface area (Å²) in [6.45, 7) is -0.00116. The number of sulfonamides is 2. The Balaban J connectivity index is 5.39. The van der Waals surface area contributed by atoms with Crippen molar-refractivity contribution in [2.45, 2.75) is 51.4 Å². The highest BCUT2D eigenvalue weighted by atomic mass is 32.3. The van der Waals surface area contributed by atoms with Crippen LogP contribution in [0.25, 0.3) is 0 Å². The fourth-order valence-corrected chi connectivity index (χ4v) is 6.78. The molecule has 0 unspecified atom stereocenters. The maximum Gasteiger partial charge on any atom is 0.229 e. The second-order valence-corrected chi connectivity index (χ2v) is 10.5. The molecule has 0 saturated carbocycles. The number of hydrogen-bond acceptors (Lipinski definition) is 8. The molecular formula is C17H26N6O4S2. The Kier molecular flexibility index (Phi) is 13.6. The van der Waals surface area contributed by atoms with E-state index in [2.05, 4.69) is 0 Å². The van der Waals surface area contributed by atoms with Crippen LogP contribution >= 0.6 is 0 Å². The van der Waals surface area contributed by atoms with E-state index in [0.29, 0.717) is 0 Å². The van der Waals surface area contributed by atoms with E-state index in [0.717, 1.165) is 8.61 Å². The third kappa shape index (κ3) is 11.4. The SMILES string of the molecule is N#CCCCN(CCCC#N)S(=O)(=O)CS(=O)(=O)N(CCCC#N)CCCC#N. The molecule has 0 aliphatic rings. The van der Waals surface area contributed by atoms with E-state index in [-0.39, 0.29) is 77.5 Å². The number of nitriles is 4. The van der Waals surface area contributed by atoms with Crippen LogP contribution in [-0.2, 0) is 20.0 Å². The molecule has 0 amide bonds. The van der Waals surface area contributed by atoms with Crippen molar-refractivity contribution in [3.63, 3.8) is 0 Å². The van der Waals surface area contributed by atoms with Crippen molar-refractivity contribution in [2.75, 3.05) is 31.3 Å². The summed E-state index contributed by atoms with van der Waals surface area (Å²) in [6.07, 6.45) is 1.56.